The molecule has 0 aromatic heterocycles. The van der Waals surface area contributed by atoms with Crippen molar-refractivity contribution in [1.82, 2.24) is 0 Å². The summed E-state index contributed by atoms with van der Waals surface area (Å²) in [6.45, 7) is 14.6. The second-order valence-corrected chi connectivity index (χ2v) is 12.0. The predicted octanol–water partition coefficient (Wildman–Crippen LogP) is 6.85. The van der Waals surface area contributed by atoms with Gasteiger partial charge >= 0.3 is 0 Å². The Balaban J connectivity index is 1.70. The van der Waals surface area contributed by atoms with Gasteiger partial charge in [-0.3, -0.25) is 0 Å². The van der Waals surface area contributed by atoms with Gasteiger partial charge in [-0.25, -0.2) is 0 Å². The highest BCUT2D eigenvalue weighted by atomic mass is 16.5. The smallest absolute Gasteiger partial charge is 0.0618 e. The number of rotatable bonds is 1. The van der Waals surface area contributed by atoms with E-state index >= 15 is 0 Å². The Labute approximate surface area is 156 Å². The van der Waals surface area contributed by atoms with E-state index in [1.807, 2.05) is 0 Å². The Kier molecular flexibility index (Phi) is 4.38. The molecule has 0 bridgehead atoms. The molecule has 0 N–H and O–H groups in total. The zero-order chi connectivity index (χ0) is 18.0. The van der Waals surface area contributed by atoms with Crippen LogP contribution < -0.4 is 0 Å². The largest absolute Gasteiger partial charge is 0.372 e. The van der Waals surface area contributed by atoms with E-state index in [0.29, 0.717) is 16.9 Å². The van der Waals surface area contributed by atoms with Gasteiger partial charge in [-0.15, -0.1) is 0 Å². The minimum absolute atomic E-state index is 0.00427. The first-order chi connectivity index (χ1) is 11.6. The highest BCUT2D eigenvalue weighted by molar-refractivity contribution is 5.10. The molecule has 4 aliphatic rings. The van der Waals surface area contributed by atoms with Crippen LogP contribution in [0.1, 0.15) is 99.3 Å². The highest BCUT2D eigenvalue weighted by Crippen LogP contribution is 2.67. The summed E-state index contributed by atoms with van der Waals surface area (Å²) >= 11 is 0. The van der Waals surface area contributed by atoms with Crippen LogP contribution in [0.5, 0.6) is 0 Å². The monoisotopic (exact) mass is 346 g/mol. The third-order valence-electron chi connectivity index (χ3n) is 9.07. The minimum atomic E-state index is -0.00427. The summed E-state index contributed by atoms with van der Waals surface area (Å²) in [5.74, 6) is 4.48. The van der Waals surface area contributed by atoms with Crippen LogP contribution in [0.2, 0.25) is 0 Å². The van der Waals surface area contributed by atoms with Gasteiger partial charge in [-0.2, -0.15) is 0 Å². The van der Waals surface area contributed by atoms with Gasteiger partial charge in [0, 0.05) is 0 Å². The van der Waals surface area contributed by atoms with Gasteiger partial charge in [0.05, 0.1) is 11.7 Å². The highest BCUT2D eigenvalue weighted by Gasteiger charge is 2.61. The lowest BCUT2D eigenvalue weighted by atomic mass is 9.44. The molecule has 1 heteroatoms. The fourth-order valence-corrected chi connectivity index (χ4v) is 8.23. The van der Waals surface area contributed by atoms with Gasteiger partial charge in [0.1, 0.15) is 0 Å². The molecule has 6 unspecified atom stereocenters. The number of hydrogen-bond donors (Lipinski definition) is 0. The van der Waals surface area contributed by atoms with Crippen LogP contribution >= 0.6 is 0 Å². The van der Waals surface area contributed by atoms with Crippen molar-refractivity contribution in [2.75, 3.05) is 0 Å². The third kappa shape index (κ3) is 3.01. The Morgan fingerprint density at radius 3 is 2.40 bits per heavy atom. The van der Waals surface area contributed by atoms with Crippen LogP contribution in [-0.4, -0.2) is 11.7 Å². The predicted molar refractivity (Wildman–Crippen MR) is 106 cm³/mol. The molecule has 144 valence electrons. The second kappa shape index (κ2) is 5.98. The van der Waals surface area contributed by atoms with E-state index in [2.05, 4.69) is 41.5 Å². The molecular weight excluding hydrogens is 304 g/mol. The maximum atomic E-state index is 6.83. The molecule has 0 radical (unpaired) electrons. The molecule has 1 nitrogen and oxygen atoms in total. The Morgan fingerprint density at radius 1 is 0.920 bits per heavy atom. The number of fused-ring (bicyclic) bond motifs is 5. The first kappa shape index (κ1) is 18.3. The molecule has 0 aromatic rings. The standard InChI is InChI=1S/C24H42O/c1-16-13-19-21-18(10-12-23(19,5)15-16)24(6)11-8-7-9-17(24)14-20(21)25-22(2,3)4/h16-21H,7-15H2,1-6H3/t16?,17?,18?,19?,20?,21?,23-,24+/m1/s1. The summed E-state index contributed by atoms with van der Waals surface area (Å²) in [6.07, 6.45) is 13.6. The van der Waals surface area contributed by atoms with Gasteiger partial charge < -0.3 is 4.74 Å². The van der Waals surface area contributed by atoms with Crippen molar-refractivity contribution in [3.05, 3.63) is 0 Å². The van der Waals surface area contributed by atoms with Gasteiger partial charge in [-0.05, 0) is 106 Å². The SMILES string of the molecule is CC1CC2C3C(OC(C)(C)C)CC4CCCC[C@]4(C)C3CC[C@]2(C)C1. The van der Waals surface area contributed by atoms with Crippen LogP contribution in [0, 0.1) is 40.4 Å². The average Bonchev–Trinajstić information content (AvgIpc) is 2.80. The molecular formula is C24H42O. The van der Waals surface area contributed by atoms with Crippen LogP contribution in [0.15, 0.2) is 0 Å². The maximum absolute atomic E-state index is 6.83. The molecule has 0 saturated heterocycles. The third-order valence-corrected chi connectivity index (χ3v) is 9.07. The molecule has 4 aliphatic carbocycles. The van der Waals surface area contributed by atoms with Crippen LogP contribution in [0.4, 0.5) is 0 Å². The summed E-state index contributed by atoms with van der Waals surface area (Å²) in [7, 11) is 0. The van der Waals surface area contributed by atoms with Crippen molar-refractivity contribution >= 4 is 0 Å². The lowest BCUT2D eigenvalue weighted by molar-refractivity contribution is -0.202. The summed E-state index contributed by atoms with van der Waals surface area (Å²) in [4.78, 5) is 0. The molecule has 0 aromatic carbocycles. The van der Waals surface area contributed by atoms with Crippen molar-refractivity contribution in [2.45, 2.75) is 111 Å². The quantitative estimate of drug-likeness (QED) is 0.504. The molecule has 25 heavy (non-hydrogen) atoms. The first-order valence-corrected chi connectivity index (χ1v) is 11.3. The van der Waals surface area contributed by atoms with Gasteiger partial charge in [0.2, 0.25) is 0 Å². The second-order valence-electron chi connectivity index (χ2n) is 12.0. The maximum Gasteiger partial charge on any atom is 0.0618 e. The van der Waals surface area contributed by atoms with Crippen molar-refractivity contribution in [3.63, 3.8) is 0 Å². The van der Waals surface area contributed by atoms with Gasteiger partial charge in [0.15, 0.2) is 0 Å². The fraction of sp³-hybridized carbons (Fsp3) is 1.00. The van der Waals surface area contributed by atoms with E-state index in [1.165, 1.54) is 57.8 Å². The Bertz CT molecular complexity index is 505. The number of ether oxygens (including phenoxy) is 1. The van der Waals surface area contributed by atoms with Crippen molar-refractivity contribution in [1.29, 1.82) is 0 Å². The molecule has 0 heterocycles. The molecule has 0 spiro atoms. The van der Waals surface area contributed by atoms with E-state index in [4.69, 9.17) is 4.74 Å². The van der Waals surface area contributed by atoms with Crippen molar-refractivity contribution in [3.8, 4) is 0 Å². The van der Waals surface area contributed by atoms with Crippen LogP contribution in [0.3, 0.4) is 0 Å². The topological polar surface area (TPSA) is 9.23 Å². The zero-order valence-corrected chi connectivity index (χ0v) is 17.7. The summed E-state index contributed by atoms with van der Waals surface area (Å²) in [6, 6.07) is 0. The number of hydrogen-bond acceptors (Lipinski definition) is 1. The Hall–Kier alpha value is -0.0400. The molecule has 4 fully saturated rings. The zero-order valence-electron chi connectivity index (χ0n) is 17.7. The molecule has 8 atom stereocenters. The molecule has 4 saturated carbocycles. The summed E-state index contributed by atoms with van der Waals surface area (Å²) in [5.41, 5.74) is 1.20. The van der Waals surface area contributed by atoms with Gasteiger partial charge in [-0.1, -0.05) is 33.6 Å². The van der Waals surface area contributed by atoms with E-state index in [9.17, 15) is 0 Å². The summed E-state index contributed by atoms with van der Waals surface area (Å²) < 4.78 is 6.83. The molecule has 4 rings (SSSR count). The van der Waals surface area contributed by atoms with Gasteiger partial charge in [0.25, 0.3) is 0 Å². The molecule has 0 amide bonds. The minimum Gasteiger partial charge on any atom is -0.372 e. The first-order valence-electron chi connectivity index (χ1n) is 11.3. The van der Waals surface area contributed by atoms with Crippen molar-refractivity contribution in [2.24, 2.45) is 40.4 Å². The van der Waals surface area contributed by atoms with Crippen LogP contribution in [0.25, 0.3) is 0 Å². The van der Waals surface area contributed by atoms with Crippen LogP contribution in [-0.2, 0) is 4.74 Å². The fourth-order valence-electron chi connectivity index (χ4n) is 8.23. The lowest BCUT2D eigenvalue weighted by Gasteiger charge is -2.62. The van der Waals surface area contributed by atoms with Crippen molar-refractivity contribution < 1.29 is 4.74 Å². The van der Waals surface area contributed by atoms with E-state index in [-0.39, 0.29) is 5.60 Å². The molecule has 0 aliphatic heterocycles. The average molecular weight is 347 g/mol. The van der Waals surface area contributed by atoms with E-state index < -0.39 is 0 Å². The lowest BCUT2D eigenvalue weighted by Crippen LogP contribution is -2.58. The van der Waals surface area contributed by atoms with E-state index in [1.54, 1.807) is 0 Å². The summed E-state index contributed by atoms with van der Waals surface area (Å²) in [5, 5.41) is 0. The Morgan fingerprint density at radius 2 is 1.68 bits per heavy atom. The normalized spacial score (nSPS) is 53.0. The van der Waals surface area contributed by atoms with E-state index in [0.717, 1.165) is 29.6 Å².